The minimum atomic E-state index is -0.558. The number of carbonyl (C=O) groups excluding carboxylic acids is 1. The van der Waals surface area contributed by atoms with Gasteiger partial charge in [0.15, 0.2) is 0 Å². The molecule has 2 aromatic rings. The summed E-state index contributed by atoms with van der Waals surface area (Å²) >= 11 is 0. The van der Waals surface area contributed by atoms with Crippen LogP contribution in [0.3, 0.4) is 0 Å². The third-order valence-corrected chi connectivity index (χ3v) is 3.39. The van der Waals surface area contributed by atoms with E-state index in [9.17, 15) is 4.79 Å². The van der Waals surface area contributed by atoms with Crippen molar-refractivity contribution in [1.82, 2.24) is 4.57 Å². The number of nitrogens with zero attached hydrogens (tertiary/aromatic N) is 2. The van der Waals surface area contributed by atoms with Gasteiger partial charge in [-0.3, -0.25) is 0 Å². The van der Waals surface area contributed by atoms with Gasteiger partial charge in [-0.25, -0.2) is 9.36 Å². The first-order valence-corrected chi connectivity index (χ1v) is 7.68. The first kappa shape index (κ1) is 16.8. The van der Waals surface area contributed by atoms with Crippen LogP contribution in [0.4, 0.5) is 4.79 Å². The molecule has 23 heavy (non-hydrogen) atoms. The Kier molecular flexibility index (Phi) is 4.60. The Morgan fingerprint density at radius 1 is 1.13 bits per heavy atom. The summed E-state index contributed by atoms with van der Waals surface area (Å²) < 4.78 is 7.17. The second-order valence-corrected chi connectivity index (χ2v) is 6.80. The van der Waals surface area contributed by atoms with Crippen molar-refractivity contribution in [3.8, 4) is 17.3 Å². The number of benzene rings is 1. The Bertz CT molecular complexity index is 741. The number of rotatable bonds is 2. The van der Waals surface area contributed by atoms with Gasteiger partial charge in [0.1, 0.15) is 5.60 Å². The fraction of sp³-hybridized carbons (Fsp3) is 0.368. The number of nitriles is 1. The van der Waals surface area contributed by atoms with E-state index in [4.69, 9.17) is 10.00 Å². The molecule has 0 unspecified atom stereocenters. The second-order valence-electron chi connectivity index (χ2n) is 6.80. The van der Waals surface area contributed by atoms with Crippen molar-refractivity contribution in [1.29, 1.82) is 5.26 Å². The molecule has 0 atom stereocenters. The topological polar surface area (TPSA) is 55.0 Å². The van der Waals surface area contributed by atoms with Gasteiger partial charge in [-0.1, -0.05) is 26.0 Å². The van der Waals surface area contributed by atoms with Crippen LogP contribution in [-0.2, 0) is 4.74 Å². The standard InChI is InChI=1S/C19H22N2O2/c1-13(2)16-10-11-17(15-8-6-14(12-20)7-9-15)21(16)18(22)23-19(3,4)5/h6-11,13H,1-5H3. The fourth-order valence-corrected chi connectivity index (χ4v) is 2.36. The quantitative estimate of drug-likeness (QED) is 0.790. The molecule has 0 aliphatic rings. The van der Waals surface area contributed by atoms with E-state index in [0.717, 1.165) is 17.0 Å². The van der Waals surface area contributed by atoms with Crippen LogP contribution in [0.1, 0.15) is 51.8 Å². The minimum absolute atomic E-state index is 0.189. The lowest BCUT2D eigenvalue weighted by molar-refractivity contribution is 0.0534. The van der Waals surface area contributed by atoms with Crippen LogP contribution < -0.4 is 0 Å². The van der Waals surface area contributed by atoms with Gasteiger partial charge in [0, 0.05) is 5.69 Å². The molecule has 0 fully saturated rings. The number of carbonyl (C=O) groups is 1. The van der Waals surface area contributed by atoms with Gasteiger partial charge in [0.25, 0.3) is 0 Å². The molecular weight excluding hydrogens is 288 g/mol. The molecule has 1 heterocycles. The maximum absolute atomic E-state index is 12.7. The lowest BCUT2D eigenvalue weighted by Gasteiger charge is -2.22. The summed E-state index contributed by atoms with van der Waals surface area (Å²) in [6, 6.07) is 13.1. The maximum Gasteiger partial charge on any atom is 0.419 e. The first-order valence-electron chi connectivity index (χ1n) is 7.68. The van der Waals surface area contributed by atoms with Gasteiger partial charge < -0.3 is 4.74 Å². The van der Waals surface area contributed by atoms with Crippen molar-refractivity contribution in [3.63, 3.8) is 0 Å². The number of hydrogen-bond donors (Lipinski definition) is 0. The van der Waals surface area contributed by atoms with Gasteiger partial charge in [-0.2, -0.15) is 5.26 Å². The number of ether oxygens (including phenoxy) is 1. The SMILES string of the molecule is CC(C)c1ccc(-c2ccc(C#N)cc2)n1C(=O)OC(C)(C)C. The Balaban J connectivity index is 2.52. The van der Waals surface area contributed by atoms with Crippen molar-refractivity contribution in [2.75, 3.05) is 0 Å². The zero-order valence-electron chi connectivity index (χ0n) is 14.3. The molecule has 0 saturated carbocycles. The molecule has 0 spiro atoms. The van der Waals surface area contributed by atoms with Crippen molar-refractivity contribution in [2.24, 2.45) is 0 Å². The molecule has 120 valence electrons. The Labute approximate surface area is 137 Å². The minimum Gasteiger partial charge on any atom is -0.443 e. The predicted molar refractivity (Wildman–Crippen MR) is 90.3 cm³/mol. The maximum atomic E-state index is 12.7. The molecule has 0 bridgehead atoms. The van der Waals surface area contributed by atoms with Crippen LogP contribution in [0.25, 0.3) is 11.3 Å². The van der Waals surface area contributed by atoms with E-state index in [1.807, 2.05) is 58.9 Å². The van der Waals surface area contributed by atoms with E-state index in [2.05, 4.69) is 6.07 Å². The highest BCUT2D eigenvalue weighted by Crippen LogP contribution is 2.28. The Hall–Kier alpha value is -2.54. The Morgan fingerprint density at radius 2 is 1.74 bits per heavy atom. The summed E-state index contributed by atoms with van der Waals surface area (Å²) in [4.78, 5) is 12.7. The average molecular weight is 310 g/mol. The molecule has 0 saturated heterocycles. The van der Waals surface area contributed by atoms with Gasteiger partial charge >= 0.3 is 6.09 Å². The van der Waals surface area contributed by atoms with Gasteiger partial charge in [0.05, 0.1) is 17.3 Å². The van der Waals surface area contributed by atoms with Crippen LogP contribution >= 0.6 is 0 Å². The molecule has 2 rings (SSSR count). The lowest BCUT2D eigenvalue weighted by atomic mass is 10.1. The highest BCUT2D eigenvalue weighted by atomic mass is 16.6. The smallest absolute Gasteiger partial charge is 0.419 e. The molecule has 1 aromatic heterocycles. The van der Waals surface area contributed by atoms with Gasteiger partial charge in [-0.15, -0.1) is 0 Å². The third kappa shape index (κ3) is 3.81. The fourth-order valence-electron chi connectivity index (χ4n) is 2.36. The van der Waals surface area contributed by atoms with E-state index in [1.165, 1.54) is 0 Å². The largest absolute Gasteiger partial charge is 0.443 e. The van der Waals surface area contributed by atoms with Crippen LogP contribution in [0.2, 0.25) is 0 Å². The van der Waals surface area contributed by atoms with E-state index < -0.39 is 5.60 Å². The van der Waals surface area contributed by atoms with Crippen molar-refractivity contribution in [2.45, 2.75) is 46.1 Å². The van der Waals surface area contributed by atoms with Crippen LogP contribution in [0.5, 0.6) is 0 Å². The summed E-state index contributed by atoms with van der Waals surface area (Å²) in [7, 11) is 0. The lowest BCUT2D eigenvalue weighted by Crippen LogP contribution is -2.28. The van der Waals surface area contributed by atoms with Gasteiger partial charge in [0.2, 0.25) is 0 Å². The van der Waals surface area contributed by atoms with Crippen LogP contribution in [0.15, 0.2) is 36.4 Å². The molecule has 0 N–H and O–H groups in total. The van der Waals surface area contributed by atoms with Crippen LogP contribution in [-0.4, -0.2) is 16.3 Å². The molecule has 4 nitrogen and oxygen atoms in total. The van der Waals surface area contributed by atoms with Crippen molar-refractivity contribution >= 4 is 6.09 Å². The zero-order chi connectivity index (χ0) is 17.2. The summed E-state index contributed by atoms with van der Waals surface area (Å²) in [5, 5.41) is 8.92. The summed E-state index contributed by atoms with van der Waals surface area (Å²) in [6.07, 6.45) is -0.384. The molecule has 0 amide bonds. The number of aromatic nitrogens is 1. The average Bonchev–Trinajstić information content (AvgIpc) is 2.90. The molecule has 0 radical (unpaired) electrons. The molecule has 4 heteroatoms. The van der Waals surface area contributed by atoms with Crippen molar-refractivity contribution < 1.29 is 9.53 Å². The summed E-state index contributed by atoms with van der Waals surface area (Å²) in [5.74, 6) is 0.189. The van der Waals surface area contributed by atoms with Crippen molar-refractivity contribution in [3.05, 3.63) is 47.7 Å². The molecule has 0 aliphatic carbocycles. The summed E-state index contributed by atoms with van der Waals surface area (Å²) in [6.45, 7) is 9.64. The highest BCUT2D eigenvalue weighted by Gasteiger charge is 2.23. The second kappa shape index (κ2) is 6.29. The first-order chi connectivity index (χ1) is 10.7. The predicted octanol–water partition coefficient (Wildman–Crippen LogP) is 4.93. The Morgan fingerprint density at radius 3 is 2.22 bits per heavy atom. The number of hydrogen-bond acceptors (Lipinski definition) is 3. The monoisotopic (exact) mass is 310 g/mol. The molecule has 0 aliphatic heterocycles. The molecule has 1 aromatic carbocycles. The van der Waals surface area contributed by atoms with E-state index in [0.29, 0.717) is 5.56 Å². The highest BCUT2D eigenvalue weighted by molar-refractivity contribution is 5.80. The zero-order valence-corrected chi connectivity index (χ0v) is 14.3. The third-order valence-electron chi connectivity index (χ3n) is 3.39. The van der Waals surface area contributed by atoms with E-state index in [-0.39, 0.29) is 12.0 Å². The van der Waals surface area contributed by atoms with Crippen LogP contribution in [0, 0.1) is 11.3 Å². The normalized spacial score (nSPS) is 11.3. The molecular formula is C19H22N2O2. The van der Waals surface area contributed by atoms with E-state index >= 15 is 0 Å². The van der Waals surface area contributed by atoms with E-state index in [1.54, 1.807) is 16.7 Å². The summed E-state index contributed by atoms with van der Waals surface area (Å²) in [5.41, 5.74) is 2.58. The van der Waals surface area contributed by atoms with Gasteiger partial charge in [-0.05, 0) is 56.5 Å².